The van der Waals surface area contributed by atoms with Crippen molar-refractivity contribution in [3.05, 3.63) is 78.8 Å². The van der Waals surface area contributed by atoms with Crippen LogP contribution in [0.5, 0.6) is 0 Å². The predicted molar refractivity (Wildman–Crippen MR) is 127 cm³/mol. The van der Waals surface area contributed by atoms with Crippen LogP contribution in [0.3, 0.4) is 0 Å². The van der Waals surface area contributed by atoms with Gasteiger partial charge in [-0.3, -0.25) is 4.79 Å². The van der Waals surface area contributed by atoms with Crippen LogP contribution in [-0.2, 0) is 11.2 Å². The Kier molecular flexibility index (Phi) is 5.83. The smallest absolute Gasteiger partial charge is 0.224 e. The number of amides is 1. The standard InChI is InChI=1S/C26H27N5O/c32-26(27-13-12-20-16-28-23-11-5-4-10-22(20)23)21-9-6-14-31(17-21)25-15-24(29-18-30-25)19-7-2-1-3-8-19/h1-5,7-8,10-11,15-16,18,21,28H,6,9,12-14,17H2,(H,27,32). The molecule has 2 aromatic carbocycles. The molecule has 0 radical (unpaired) electrons. The number of benzene rings is 2. The van der Waals surface area contributed by atoms with E-state index in [1.54, 1.807) is 6.33 Å². The number of hydrogen-bond acceptors (Lipinski definition) is 4. The minimum atomic E-state index is -0.0261. The molecular formula is C26H27N5O. The molecule has 2 N–H and O–H groups in total. The summed E-state index contributed by atoms with van der Waals surface area (Å²) in [5.74, 6) is 0.990. The number of fused-ring (bicyclic) bond motifs is 1. The summed E-state index contributed by atoms with van der Waals surface area (Å²) >= 11 is 0. The van der Waals surface area contributed by atoms with Crippen LogP contribution in [0.1, 0.15) is 18.4 Å². The first-order valence-corrected chi connectivity index (χ1v) is 11.2. The van der Waals surface area contributed by atoms with Gasteiger partial charge >= 0.3 is 0 Å². The minimum absolute atomic E-state index is 0.0261. The summed E-state index contributed by atoms with van der Waals surface area (Å²) in [4.78, 5) is 27.3. The summed E-state index contributed by atoms with van der Waals surface area (Å²) in [5, 5.41) is 4.38. The lowest BCUT2D eigenvalue weighted by atomic mass is 9.97. The molecule has 0 saturated carbocycles. The second-order valence-corrected chi connectivity index (χ2v) is 8.31. The lowest BCUT2D eigenvalue weighted by molar-refractivity contribution is -0.125. The van der Waals surface area contributed by atoms with Gasteiger partial charge in [0.2, 0.25) is 5.91 Å². The number of carbonyl (C=O) groups is 1. The molecule has 0 bridgehead atoms. The van der Waals surface area contributed by atoms with Crippen molar-refractivity contribution in [3.8, 4) is 11.3 Å². The molecule has 1 unspecified atom stereocenters. The van der Waals surface area contributed by atoms with Gasteiger partial charge in [0.15, 0.2) is 0 Å². The van der Waals surface area contributed by atoms with Crippen molar-refractivity contribution in [2.45, 2.75) is 19.3 Å². The number of piperidine rings is 1. The molecule has 1 fully saturated rings. The van der Waals surface area contributed by atoms with Crippen LogP contribution in [0.4, 0.5) is 5.82 Å². The fourth-order valence-electron chi connectivity index (χ4n) is 4.49. The van der Waals surface area contributed by atoms with Gasteiger partial charge in [0.05, 0.1) is 11.6 Å². The molecule has 2 aromatic heterocycles. The van der Waals surface area contributed by atoms with E-state index >= 15 is 0 Å². The van der Waals surface area contributed by atoms with Gasteiger partial charge in [-0.25, -0.2) is 9.97 Å². The van der Waals surface area contributed by atoms with Gasteiger partial charge in [-0.2, -0.15) is 0 Å². The Morgan fingerprint density at radius 3 is 2.84 bits per heavy atom. The fraction of sp³-hybridized carbons (Fsp3) is 0.269. The summed E-state index contributed by atoms with van der Waals surface area (Å²) in [6, 6.07) is 20.4. The number of aromatic amines is 1. The van der Waals surface area contributed by atoms with Gasteiger partial charge in [0.1, 0.15) is 12.1 Å². The van der Waals surface area contributed by atoms with Crippen LogP contribution in [0.15, 0.2) is 73.2 Å². The Hall–Kier alpha value is -3.67. The Balaban J connectivity index is 1.20. The summed E-state index contributed by atoms with van der Waals surface area (Å²) in [6.45, 7) is 2.23. The van der Waals surface area contributed by atoms with Crippen LogP contribution in [-0.4, -0.2) is 40.5 Å². The van der Waals surface area contributed by atoms with Crippen molar-refractivity contribution in [1.82, 2.24) is 20.3 Å². The number of nitrogens with one attached hydrogen (secondary N) is 2. The fourth-order valence-corrected chi connectivity index (χ4v) is 4.49. The highest BCUT2D eigenvalue weighted by Crippen LogP contribution is 2.25. The zero-order valence-corrected chi connectivity index (χ0v) is 18.0. The number of hydrogen-bond donors (Lipinski definition) is 2. The zero-order valence-electron chi connectivity index (χ0n) is 18.0. The van der Waals surface area contributed by atoms with E-state index in [4.69, 9.17) is 0 Å². The molecule has 6 heteroatoms. The molecule has 1 aliphatic rings. The van der Waals surface area contributed by atoms with Crippen LogP contribution in [0, 0.1) is 5.92 Å². The Labute approximate surface area is 187 Å². The van der Waals surface area contributed by atoms with Gasteiger partial charge in [-0.05, 0) is 30.9 Å². The molecule has 0 aliphatic carbocycles. The van der Waals surface area contributed by atoms with Crippen molar-refractivity contribution >= 4 is 22.6 Å². The maximum atomic E-state index is 12.9. The number of carbonyl (C=O) groups excluding carboxylic acids is 1. The highest BCUT2D eigenvalue weighted by atomic mass is 16.1. The maximum Gasteiger partial charge on any atom is 0.224 e. The quantitative estimate of drug-likeness (QED) is 0.486. The Morgan fingerprint density at radius 1 is 1.09 bits per heavy atom. The van der Waals surface area contributed by atoms with Gasteiger partial charge in [0, 0.05) is 48.4 Å². The highest BCUT2D eigenvalue weighted by Gasteiger charge is 2.26. The van der Waals surface area contributed by atoms with E-state index in [0.717, 1.165) is 48.4 Å². The molecule has 32 heavy (non-hydrogen) atoms. The number of para-hydroxylation sites is 1. The van der Waals surface area contributed by atoms with Crippen molar-refractivity contribution in [2.75, 3.05) is 24.5 Å². The zero-order chi connectivity index (χ0) is 21.8. The van der Waals surface area contributed by atoms with Gasteiger partial charge < -0.3 is 15.2 Å². The summed E-state index contributed by atoms with van der Waals surface area (Å²) in [6.07, 6.45) is 6.36. The van der Waals surface area contributed by atoms with E-state index in [1.807, 2.05) is 54.7 Å². The molecule has 0 spiro atoms. The second kappa shape index (κ2) is 9.22. The van der Waals surface area contributed by atoms with Gasteiger partial charge in [0.25, 0.3) is 0 Å². The summed E-state index contributed by atoms with van der Waals surface area (Å²) in [7, 11) is 0. The third kappa shape index (κ3) is 4.35. The average Bonchev–Trinajstić information content (AvgIpc) is 3.28. The first-order valence-electron chi connectivity index (χ1n) is 11.2. The molecule has 5 rings (SSSR count). The first kappa shape index (κ1) is 20.2. The molecular weight excluding hydrogens is 398 g/mol. The third-order valence-corrected chi connectivity index (χ3v) is 6.21. The monoisotopic (exact) mass is 425 g/mol. The highest BCUT2D eigenvalue weighted by molar-refractivity contribution is 5.83. The summed E-state index contributed by atoms with van der Waals surface area (Å²) in [5.41, 5.74) is 4.35. The van der Waals surface area contributed by atoms with Crippen molar-refractivity contribution < 1.29 is 4.79 Å². The number of H-pyrrole nitrogens is 1. The molecule has 4 aromatic rings. The summed E-state index contributed by atoms with van der Waals surface area (Å²) < 4.78 is 0. The van der Waals surface area contributed by atoms with E-state index in [2.05, 4.69) is 37.3 Å². The predicted octanol–water partition coefficient (Wildman–Crippen LogP) is 4.20. The molecule has 3 heterocycles. The third-order valence-electron chi connectivity index (χ3n) is 6.21. The normalized spacial score (nSPS) is 16.2. The molecule has 6 nitrogen and oxygen atoms in total. The van der Waals surface area contributed by atoms with E-state index in [1.165, 1.54) is 10.9 Å². The molecule has 162 valence electrons. The number of rotatable bonds is 6. The van der Waals surface area contributed by atoms with E-state index < -0.39 is 0 Å². The van der Waals surface area contributed by atoms with Gasteiger partial charge in [-0.15, -0.1) is 0 Å². The Morgan fingerprint density at radius 2 is 1.94 bits per heavy atom. The molecule has 1 aliphatic heterocycles. The Bertz CT molecular complexity index is 1200. The van der Waals surface area contributed by atoms with Crippen molar-refractivity contribution in [2.24, 2.45) is 5.92 Å². The maximum absolute atomic E-state index is 12.9. The number of aromatic nitrogens is 3. The van der Waals surface area contributed by atoms with E-state index in [-0.39, 0.29) is 11.8 Å². The first-order chi connectivity index (χ1) is 15.8. The number of nitrogens with zero attached hydrogens (tertiary/aromatic N) is 3. The van der Waals surface area contributed by atoms with Gasteiger partial charge in [-0.1, -0.05) is 48.5 Å². The topological polar surface area (TPSA) is 73.9 Å². The average molecular weight is 426 g/mol. The largest absolute Gasteiger partial charge is 0.361 e. The van der Waals surface area contributed by atoms with Crippen LogP contribution < -0.4 is 10.2 Å². The lowest BCUT2D eigenvalue weighted by Crippen LogP contribution is -2.43. The van der Waals surface area contributed by atoms with Crippen molar-refractivity contribution in [1.29, 1.82) is 0 Å². The van der Waals surface area contributed by atoms with E-state index in [9.17, 15) is 4.79 Å². The van der Waals surface area contributed by atoms with Crippen LogP contribution in [0.2, 0.25) is 0 Å². The second-order valence-electron chi connectivity index (χ2n) is 8.31. The number of anilines is 1. The minimum Gasteiger partial charge on any atom is -0.361 e. The molecule has 1 atom stereocenters. The molecule has 1 amide bonds. The van der Waals surface area contributed by atoms with Crippen LogP contribution >= 0.6 is 0 Å². The van der Waals surface area contributed by atoms with Crippen molar-refractivity contribution in [3.63, 3.8) is 0 Å². The van der Waals surface area contributed by atoms with E-state index in [0.29, 0.717) is 13.1 Å². The molecule has 1 saturated heterocycles. The van der Waals surface area contributed by atoms with Crippen LogP contribution in [0.25, 0.3) is 22.2 Å². The lowest BCUT2D eigenvalue weighted by Gasteiger charge is -2.33. The SMILES string of the molecule is O=C(NCCc1c[nH]c2ccccc12)C1CCCN(c2cc(-c3ccccc3)ncn2)C1.